The lowest BCUT2D eigenvalue weighted by atomic mass is 10.1. The molecule has 0 aliphatic rings. The van der Waals surface area contributed by atoms with Crippen molar-refractivity contribution in [2.45, 2.75) is 6.92 Å². The second kappa shape index (κ2) is 6.24. The predicted molar refractivity (Wildman–Crippen MR) is 95.2 cm³/mol. The van der Waals surface area contributed by atoms with Crippen LogP contribution in [0, 0.1) is 6.92 Å². The van der Waals surface area contributed by atoms with Crippen molar-refractivity contribution in [3.63, 3.8) is 0 Å². The Morgan fingerprint density at radius 3 is 2.64 bits per heavy atom. The molecule has 3 aromatic heterocycles. The molecule has 0 fully saturated rings. The van der Waals surface area contributed by atoms with Gasteiger partial charge in [-0.25, -0.2) is 9.67 Å². The van der Waals surface area contributed by atoms with Crippen LogP contribution in [0.4, 0.5) is 0 Å². The van der Waals surface area contributed by atoms with Crippen molar-refractivity contribution in [1.82, 2.24) is 24.3 Å². The van der Waals surface area contributed by atoms with E-state index in [1.165, 1.54) is 0 Å². The maximum absolute atomic E-state index is 5.41. The van der Waals surface area contributed by atoms with Gasteiger partial charge in [0, 0.05) is 36.0 Å². The number of hydrogen-bond donors (Lipinski definition) is 0. The van der Waals surface area contributed by atoms with Gasteiger partial charge >= 0.3 is 0 Å². The van der Waals surface area contributed by atoms with Gasteiger partial charge in [0.2, 0.25) is 0 Å². The second-order valence-corrected chi connectivity index (χ2v) is 5.61. The minimum absolute atomic E-state index is 0.766. The van der Waals surface area contributed by atoms with Crippen molar-refractivity contribution in [3.8, 4) is 28.5 Å². The van der Waals surface area contributed by atoms with Crippen LogP contribution in [-0.4, -0.2) is 31.4 Å². The van der Waals surface area contributed by atoms with E-state index in [1.54, 1.807) is 19.5 Å². The van der Waals surface area contributed by atoms with Crippen LogP contribution in [0.2, 0.25) is 0 Å². The average molecular weight is 331 g/mol. The van der Waals surface area contributed by atoms with E-state index in [4.69, 9.17) is 4.74 Å². The monoisotopic (exact) mass is 331 g/mol. The fourth-order valence-corrected chi connectivity index (χ4v) is 2.75. The fourth-order valence-electron chi connectivity index (χ4n) is 2.75. The van der Waals surface area contributed by atoms with E-state index in [1.807, 2.05) is 71.2 Å². The summed E-state index contributed by atoms with van der Waals surface area (Å²) in [5, 5.41) is 4.35. The SMILES string of the molecule is COc1ccc(-n2cccn2)c(-c2nccn2-c2ccc(C)nc2)c1. The van der Waals surface area contributed by atoms with Gasteiger partial charge in [0.25, 0.3) is 0 Å². The van der Waals surface area contributed by atoms with E-state index >= 15 is 0 Å². The number of methoxy groups -OCH3 is 1. The molecule has 4 aromatic rings. The Hall–Kier alpha value is -3.41. The van der Waals surface area contributed by atoms with Crippen molar-refractivity contribution in [2.24, 2.45) is 0 Å². The first-order valence-corrected chi connectivity index (χ1v) is 7.91. The topological polar surface area (TPSA) is 57.8 Å². The van der Waals surface area contributed by atoms with E-state index in [0.29, 0.717) is 0 Å². The van der Waals surface area contributed by atoms with E-state index in [9.17, 15) is 0 Å². The zero-order valence-electron chi connectivity index (χ0n) is 14.0. The smallest absolute Gasteiger partial charge is 0.146 e. The van der Waals surface area contributed by atoms with E-state index in [-0.39, 0.29) is 0 Å². The third-order valence-corrected chi connectivity index (χ3v) is 4.01. The zero-order chi connectivity index (χ0) is 17.2. The van der Waals surface area contributed by atoms with Gasteiger partial charge in [-0.05, 0) is 43.3 Å². The molecule has 0 saturated carbocycles. The van der Waals surface area contributed by atoms with Crippen LogP contribution in [0.25, 0.3) is 22.8 Å². The standard InChI is InChI=1S/C19H17N5O/c1-14-4-5-15(13-21-14)23-11-9-20-19(23)17-12-16(25-2)6-7-18(17)24-10-3-8-22-24/h3-13H,1-2H3. The Morgan fingerprint density at radius 1 is 1.00 bits per heavy atom. The lowest BCUT2D eigenvalue weighted by molar-refractivity contribution is 0.415. The van der Waals surface area contributed by atoms with E-state index in [0.717, 1.165) is 34.2 Å². The number of hydrogen-bond acceptors (Lipinski definition) is 4. The number of ether oxygens (including phenoxy) is 1. The quantitative estimate of drug-likeness (QED) is 0.575. The number of nitrogens with zero attached hydrogens (tertiary/aromatic N) is 5. The number of rotatable bonds is 4. The van der Waals surface area contributed by atoms with Gasteiger partial charge in [0.1, 0.15) is 11.6 Å². The summed E-state index contributed by atoms with van der Waals surface area (Å²) >= 11 is 0. The molecule has 0 unspecified atom stereocenters. The molecule has 3 heterocycles. The molecule has 0 radical (unpaired) electrons. The van der Waals surface area contributed by atoms with Crippen molar-refractivity contribution in [3.05, 3.63) is 73.1 Å². The summed E-state index contributed by atoms with van der Waals surface area (Å²) in [5.74, 6) is 1.57. The van der Waals surface area contributed by atoms with Crippen LogP contribution >= 0.6 is 0 Å². The van der Waals surface area contributed by atoms with Crippen molar-refractivity contribution in [2.75, 3.05) is 7.11 Å². The first-order chi connectivity index (χ1) is 12.3. The molecule has 6 heteroatoms. The zero-order valence-corrected chi connectivity index (χ0v) is 14.0. The molecule has 0 saturated heterocycles. The molecule has 6 nitrogen and oxygen atoms in total. The summed E-state index contributed by atoms with van der Waals surface area (Å²) < 4.78 is 9.24. The number of pyridine rings is 1. The van der Waals surface area contributed by atoms with Crippen molar-refractivity contribution in [1.29, 1.82) is 0 Å². The summed E-state index contributed by atoms with van der Waals surface area (Å²) in [4.78, 5) is 8.95. The molecule has 0 amide bonds. The molecule has 0 N–H and O–H groups in total. The van der Waals surface area contributed by atoms with Crippen molar-refractivity contribution >= 4 is 0 Å². The van der Waals surface area contributed by atoms with Gasteiger partial charge in [-0.2, -0.15) is 5.10 Å². The van der Waals surface area contributed by atoms with E-state index in [2.05, 4.69) is 15.1 Å². The minimum atomic E-state index is 0.766. The van der Waals surface area contributed by atoms with Gasteiger partial charge in [0.05, 0.1) is 24.7 Å². The summed E-state index contributed by atoms with van der Waals surface area (Å²) in [7, 11) is 1.66. The molecule has 25 heavy (non-hydrogen) atoms. The molecule has 0 spiro atoms. The Balaban J connectivity index is 1.91. The largest absolute Gasteiger partial charge is 0.497 e. The number of aromatic nitrogens is 5. The molecular weight excluding hydrogens is 314 g/mol. The summed E-state index contributed by atoms with van der Waals surface area (Å²) in [5.41, 5.74) is 3.78. The van der Waals surface area contributed by atoms with Crippen LogP contribution in [-0.2, 0) is 0 Å². The highest BCUT2D eigenvalue weighted by Crippen LogP contribution is 2.30. The Kier molecular flexibility index (Phi) is 3.78. The molecule has 4 rings (SSSR count). The highest BCUT2D eigenvalue weighted by atomic mass is 16.5. The Labute approximate surface area is 145 Å². The third kappa shape index (κ3) is 2.78. The Morgan fingerprint density at radius 2 is 1.92 bits per heavy atom. The van der Waals surface area contributed by atoms with Crippen LogP contribution in [0.1, 0.15) is 5.69 Å². The van der Waals surface area contributed by atoms with Crippen LogP contribution < -0.4 is 4.74 Å². The first-order valence-electron chi connectivity index (χ1n) is 7.91. The maximum Gasteiger partial charge on any atom is 0.146 e. The van der Waals surface area contributed by atoms with Gasteiger partial charge in [-0.3, -0.25) is 9.55 Å². The molecule has 1 aromatic carbocycles. The maximum atomic E-state index is 5.41. The summed E-state index contributed by atoms with van der Waals surface area (Å²) in [6, 6.07) is 11.8. The first kappa shape index (κ1) is 15.1. The molecule has 124 valence electrons. The molecule has 0 aliphatic carbocycles. The normalized spacial score (nSPS) is 10.8. The summed E-state index contributed by atoms with van der Waals surface area (Å²) in [6.45, 7) is 1.97. The van der Waals surface area contributed by atoms with Crippen molar-refractivity contribution < 1.29 is 4.74 Å². The molecule has 0 bridgehead atoms. The Bertz CT molecular complexity index is 987. The predicted octanol–water partition coefficient (Wildman–Crippen LogP) is 3.44. The molecular formula is C19H17N5O. The van der Waals surface area contributed by atoms with Crippen LogP contribution in [0.15, 0.2) is 67.4 Å². The number of benzene rings is 1. The lowest BCUT2D eigenvalue weighted by Gasteiger charge is -2.13. The lowest BCUT2D eigenvalue weighted by Crippen LogP contribution is -2.03. The fraction of sp³-hybridized carbons (Fsp3) is 0.105. The van der Waals surface area contributed by atoms with Crippen LogP contribution in [0.3, 0.4) is 0 Å². The highest BCUT2D eigenvalue weighted by Gasteiger charge is 2.15. The summed E-state index contributed by atoms with van der Waals surface area (Å²) in [6.07, 6.45) is 9.21. The highest BCUT2D eigenvalue weighted by molar-refractivity contribution is 5.71. The second-order valence-electron chi connectivity index (χ2n) is 5.61. The van der Waals surface area contributed by atoms with Gasteiger partial charge in [-0.1, -0.05) is 0 Å². The van der Waals surface area contributed by atoms with Gasteiger partial charge in [0.15, 0.2) is 0 Å². The minimum Gasteiger partial charge on any atom is -0.497 e. The average Bonchev–Trinajstić information content (AvgIpc) is 3.33. The molecule has 0 atom stereocenters. The number of aryl methyl sites for hydroxylation is 1. The van der Waals surface area contributed by atoms with Gasteiger partial charge < -0.3 is 4.74 Å². The van der Waals surface area contributed by atoms with E-state index < -0.39 is 0 Å². The van der Waals surface area contributed by atoms with Crippen LogP contribution in [0.5, 0.6) is 5.75 Å². The molecule has 0 aliphatic heterocycles. The van der Waals surface area contributed by atoms with Gasteiger partial charge in [-0.15, -0.1) is 0 Å². The third-order valence-electron chi connectivity index (χ3n) is 4.01. The number of imidazole rings is 1.